The van der Waals surface area contributed by atoms with Crippen LogP contribution in [0.25, 0.3) is 0 Å². The van der Waals surface area contributed by atoms with Crippen molar-refractivity contribution in [2.45, 2.75) is 32.4 Å². The lowest BCUT2D eigenvalue weighted by Gasteiger charge is -2.22. The van der Waals surface area contributed by atoms with Crippen LogP contribution in [0, 0.1) is 6.92 Å². The molecular weight excluding hydrogens is 362 g/mol. The van der Waals surface area contributed by atoms with Crippen molar-refractivity contribution in [2.75, 3.05) is 14.2 Å². The number of ether oxygens (including phenoxy) is 3. The van der Waals surface area contributed by atoms with Gasteiger partial charge in [-0.1, -0.05) is 23.8 Å². The number of carbonyl (C=O) groups is 2. The number of aliphatic carboxylic acids is 1. The van der Waals surface area contributed by atoms with Crippen molar-refractivity contribution in [3.8, 4) is 17.2 Å². The summed E-state index contributed by atoms with van der Waals surface area (Å²) in [4.78, 5) is 23.9. The van der Waals surface area contributed by atoms with Gasteiger partial charge in [-0.05, 0) is 43.7 Å². The second-order valence-electron chi connectivity index (χ2n) is 6.35. The quantitative estimate of drug-likeness (QED) is 0.687. The summed E-state index contributed by atoms with van der Waals surface area (Å²) < 4.78 is 16.1. The first-order valence-electron chi connectivity index (χ1n) is 8.81. The van der Waals surface area contributed by atoms with Crippen LogP contribution in [0.4, 0.5) is 0 Å². The van der Waals surface area contributed by atoms with Gasteiger partial charge in [0.25, 0.3) is 5.91 Å². The molecule has 0 fully saturated rings. The second-order valence-corrected chi connectivity index (χ2v) is 6.35. The molecule has 2 rings (SSSR count). The Hall–Kier alpha value is -3.22. The molecule has 0 aliphatic heterocycles. The number of benzene rings is 2. The van der Waals surface area contributed by atoms with Crippen LogP contribution in [0.5, 0.6) is 17.2 Å². The average molecular weight is 387 g/mol. The molecule has 0 heterocycles. The van der Waals surface area contributed by atoms with Crippen molar-refractivity contribution in [1.82, 2.24) is 5.32 Å². The third-order valence-electron chi connectivity index (χ3n) is 4.21. The zero-order valence-corrected chi connectivity index (χ0v) is 16.4. The summed E-state index contributed by atoms with van der Waals surface area (Å²) in [5.74, 6) is 0.0827. The molecule has 7 heteroatoms. The fourth-order valence-electron chi connectivity index (χ4n) is 2.66. The van der Waals surface area contributed by atoms with E-state index in [4.69, 9.17) is 14.2 Å². The third-order valence-corrected chi connectivity index (χ3v) is 4.21. The molecule has 0 spiro atoms. The Morgan fingerprint density at radius 3 is 2.25 bits per heavy atom. The number of hydrogen-bond donors (Lipinski definition) is 2. The van der Waals surface area contributed by atoms with Gasteiger partial charge in [0.2, 0.25) is 0 Å². The highest BCUT2D eigenvalue weighted by atomic mass is 16.5. The van der Waals surface area contributed by atoms with E-state index < -0.39 is 24.0 Å². The molecule has 0 aromatic heterocycles. The Balaban J connectivity index is 2.15. The van der Waals surface area contributed by atoms with Crippen molar-refractivity contribution in [1.29, 1.82) is 0 Å². The fraction of sp³-hybridized carbons (Fsp3) is 0.333. The molecule has 0 bridgehead atoms. The van der Waals surface area contributed by atoms with Gasteiger partial charge in [0.05, 0.1) is 26.7 Å². The first kappa shape index (κ1) is 21.1. The highest BCUT2D eigenvalue weighted by Crippen LogP contribution is 2.31. The number of nitrogens with one attached hydrogen (secondary N) is 1. The summed E-state index contributed by atoms with van der Waals surface area (Å²) >= 11 is 0. The van der Waals surface area contributed by atoms with Gasteiger partial charge in [-0.3, -0.25) is 9.59 Å². The molecule has 1 amide bonds. The van der Waals surface area contributed by atoms with Gasteiger partial charge in [-0.2, -0.15) is 0 Å². The largest absolute Gasteiger partial charge is 0.493 e. The van der Waals surface area contributed by atoms with Crippen molar-refractivity contribution < 1.29 is 28.9 Å². The molecule has 28 heavy (non-hydrogen) atoms. The topological polar surface area (TPSA) is 94.1 Å². The molecule has 0 saturated heterocycles. The van der Waals surface area contributed by atoms with E-state index in [2.05, 4.69) is 5.32 Å². The van der Waals surface area contributed by atoms with E-state index in [9.17, 15) is 14.7 Å². The predicted octanol–water partition coefficient (Wildman–Crippen LogP) is 3.11. The van der Waals surface area contributed by atoms with Crippen LogP contribution in [-0.2, 0) is 9.59 Å². The lowest BCUT2D eigenvalue weighted by atomic mass is 10.0. The highest BCUT2D eigenvalue weighted by Gasteiger charge is 2.23. The number of carboxylic acids is 1. The Labute approximate surface area is 164 Å². The minimum atomic E-state index is -1.04. The molecule has 2 unspecified atom stereocenters. The molecule has 7 nitrogen and oxygen atoms in total. The molecule has 2 aromatic carbocycles. The molecule has 0 radical (unpaired) electrons. The highest BCUT2D eigenvalue weighted by molar-refractivity contribution is 5.82. The zero-order valence-electron chi connectivity index (χ0n) is 16.4. The van der Waals surface area contributed by atoms with Gasteiger partial charge in [-0.15, -0.1) is 0 Å². The van der Waals surface area contributed by atoms with Crippen LogP contribution in [0.3, 0.4) is 0 Å². The molecule has 0 aliphatic rings. The maximum atomic E-state index is 12.6. The maximum absolute atomic E-state index is 12.6. The van der Waals surface area contributed by atoms with Crippen LogP contribution in [0.15, 0.2) is 42.5 Å². The SMILES string of the molecule is COc1ccc(C(CC(=O)O)NC(=O)C(C)Oc2ccc(C)cc2)cc1OC. The molecule has 2 aromatic rings. The number of carboxylic acid groups (broad SMARTS) is 1. The third kappa shape index (κ3) is 5.64. The van der Waals surface area contributed by atoms with Crippen molar-refractivity contribution in [2.24, 2.45) is 0 Å². The number of methoxy groups -OCH3 is 2. The van der Waals surface area contributed by atoms with E-state index in [0.29, 0.717) is 22.8 Å². The Morgan fingerprint density at radius 2 is 1.68 bits per heavy atom. The molecule has 0 saturated carbocycles. The van der Waals surface area contributed by atoms with E-state index in [1.54, 1.807) is 37.3 Å². The van der Waals surface area contributed by atoms with Crippen LogP contribution >= 0.6 is 0 Å². The van der Waals surface area contributed by atoms with Crippen LogP contribution in [0.1, 0.15) is 30.5 Å². The van der Waals surface area contributed by atoms with Gasteiger partial charge in [0.1, 0.15) is 5.75 Å². The Morgan fingerprint density at radius 1 is 1.04 bits per heavy atom. The van der Waals surface area contributed by atoms with Gasteiger partial charge in [0, 0.05) is 0 Å². The molecule has 150 valence electrons. The summed E-state index contributed by atoms with van der Waals surface area (Å²) in [5.41, 5.74) is 1.68. The van der Waals surface area contributed by atoms with E-state index in [0.717, 1.165) is 5.56 Å². The molecule has 0 aliphatic carbocycles. The summed E-state index contributed by atoms with van der Waals surface area (Å²) in [6.07, 6.45) is -1.07. The lowest BCUT2D eigenvalue weighted by Crippen LogP contribution is -2.39. The number of aryl methyl sites for hydroxylation is 1. The van der Waals surface area contributed by atoms with Crippen molar-refractivity contribution in [3.05, 3.63) is 53.6 Å². The summed E-state index contributed by atoms with van der Waals surface area (Å²) in [5, 5.41) is 12.0. The van der Waals surface area contributed by atoms with Gasteiger partial charge in [-0.25, -0.2) is 0 Å². The molecule has 2 atom stereocenters. The minimum absolute atomic E-state index is 0.279. The van der Waals surface area contributed by atoms with Gasteiger partial charge >= 0.3 is 5.97 Å². The van der Waals surface area contributed by atoms with E-state index in [1.165, 1.54) is 14.2 Å². The average Bonchev–Trinajstić information content (AvgIpc) is 2.68. The summed E-state index contributed by atoms with van der Waals surface area (Å²) in [6, 6.07) is 11.6. The summed E-state index contributed by atoms with van der Waals surface area (Å²) in [7, 11) is 3.00. The van der Waals surface area contributed by atoms with Crippen molar-refractivity contribution >= 4 is 11.9 Å². The first-order valence-corrected chi connectivity index (χ1v) is 8.81. The lowest BCUT2D eigenvalue weighted by molar-refractivity contribution is -0.138. The van der Waals surface area contributed by atoms with Crippen LogP contribution in [-0.4, -0.2) is 37.3 Å². The zero-order chi connectivity index (χ0) is 20.7. The van der Waals surface area contributed by atoms with E-state index in [-0.39, 0.29) is 6.42 Å². The molecular formula is C21H25NO6. The molecule has 2 N–H and O–H groups in total. The number of rotatable bonds is 9. The number of amides is 1. The predicted molar refractivity (Wildman–Crippen MR) is 104 cm³/mol. The fourth-order valence-corrected chi connectivity index (χ4v) is 2.66. The van der Waals surface area contributed by atoms with Crippen LogP contribution < -0.4 is 19.5 Å². The Bertz CT molecular complexity index is 818. The first-order chi connectivity index (χ1) is 13.3. The Kier molecular flexibility index (Phi) is 7.26. The van der Waals surface area contributed by atoms with Crippen molar-refractivity contribution in [3.63, 3.8) is 0 Å². The normalized spacial score (nSPS) is 12.6. The summed E-state index contributed by atoms with van der Waals surface area (Å²) in [6.45, 7) is 3.57. The maximum Gasteiger partial charge on any atom is 0.305 e. The monoisotopic (exact) mass is 387 g/mol. The van der Waals surface area contributed by atoms with E-state index >= 15 is 0 Å². The van der Waals surface area contributed by atoms with E-state index in [1.807, 2.05) is 19.1 Å². The second kappa shape index (κ2) is 9.64. The smallest absolute Gasteiger partial charge is 0.305 e. The minimum Gasteiger partial charge on any atom is -0.493 e. The van der Waals surface area contributed by atoms with Crippen LogP contribution in [0.2, 0.25) is 0 Å². The van der Waals surface area contributed by atoms with Gasteiger partial charge < -0.3 is 24.6 Å². The standard InChI is InChI=1S/C21H25NO6/c1-13-5-8-16(9-6-13)28-14(2)21(25)22-17(12-20(23)24)15-7-10-18(26-3)19(11-15)27-4/h5-11,14,17H,12H2,1-4H3,(H,22,25)(H,23,24). The van der Waals surface area contributed by atoms with Gasteiger partial charge in [0.15, 0.2) is 17.6 Å². The number of hydrogen-bond acceptors (Lipinski definition) is 5. The number of carbonyl (C=O) groups excluding carboxylic acids is 1.